The van der Waals surface area contributed by atoms with Gasteiger partial charge in [-0.05, 0) is 37.6 Å². The molecule has 0 saturated heterocycles. The summed E-state index contributed by atoms with van der Waals surface area (Å²) in [6.07, 6.45) is -4.26. The van der Waals surface area contributed by atoms with Gasteiger partial charge in [0.15, 0.2) is 5.78 Å². The van der Waals surface area contributed by atoms with Crippen LogP contribution in [0.4, 0.5) is 17.6 Å². The summed E-state index contributed by atoms with van der Waals surface area (Å²) >= 11 is 0. The van der Waals surface area contributed by atoms with Gasteiger partial charge in [0.25, 0.3) is 0 Å². The Labute approximate surface area is 141 Å². The molecule has 0 atom stereocenters. The van der Waals surface area contributed by atoms with Gasteiger partial charge in [0, 0.05) is 12.7 Å². The second kappa shape index (κ2) is 7.50. The third-order valence-corrected chi connectivity index (χ3v) is 3.33. The average molecular weight is 356 g/mol. The van der Waals surface area contributed by atoms with E-state index < -0.39 is 18.3 Å². The number of hydrogen-bond donors (Lipinski definition) is 0. The molecule has 2 rings (SSSR count). The summed E-state index contributed by atoms with van der Waals surface area (Å²) in [5.74, 6) is -0.726. The quantitative estimate of drug-likeness (QED) is 0.421. The maximum absolute atomic E-state index is 12.9. The van der Waals surface area contributed by atoms with E-state index in [0.717, 1.165) is 12.1 Å². The Hall–Kier alpha value is -2.64. The normalized spacial score (nSPS) is 12.1. The minimum Gasteiger partial charge on any atom is -0.428 e. The third-order valence-electron chi connectivity index (χ3n) is 3.33. The zero-order chi connectivity index (χ0) is 18.6. The molecule has 0 aliphatic carbocycles. The monoisotopic (exact) mass is 356 g/mol. The summed E-state index contributed by atoms with van der Waals surface area (Å²) in [6, 6.07) is 5.16. The number of halogens is 4. The molecule has 4 nitrogen and oxygen atoms in total. The molecule has 0 fully saturated rings. The molecule has 0 spiro atoms. The van der Waals surface area contributed by atoms with E-state index in [1.54, 1.807) is 17.8 Å². The molecular formula is C17H16F4N2O2. The number of carbonyl (C=O) groups is 1. The van der Waals surface area contributed by atoms with Crippen LogP contribution in [0.15, 0.2) is 36.5 Å². The Bertz CT molecular complexity index is 785. The van der Waals surface area contributed by atoms with Crippen molar-refractivity contribution in [3.63, 3.8) is 0 Å². The maximum atomic E-state index is 12.9. The number of aryl methyl sites for hydroxylation is 2. The molecule has 1 aromatic carbocycles. The Morgan fingerprint density at radius 1 is 1.40 bits per heavy atom. The van der Waals surface area contributed by atoms with Crippen LogP contribution in [0.25, 0.3) is 6.08 Å². The minimum atomic E-state index is -4.58. The third kappa shape index (κ3) is 4.68. The van der Waals surface area contributed by atoms with E-state index in [1.807, 2.05) is 6.92 Å². The van der Waals surface area contributed by atoms with Crippen molar-refractivity contribution in [2.75, 3.05) is 0 Å². The van der Waals surface area contributed by atoms with Gasteiger partial charge >= 0.3 is 12.5 Å². The molecule has 25 heavy (non-hydrogen) atoms. The van der Waals surface area contributed by atoms with Crippen LogP contribution in [0, 0.1) is 6.92 Å². The molecule has 0 radical (unpaired) electrons. The van der Waals surface area contributed by atoms with Gasteiger partial charge in [0.05, 0.1) is 11.3 Å². The fourth-order valence-corrected chi connectivity index (χ4v) is 2.07. The lowest BCUT2D eigenvalue weighted by Crippen LogP contribution is -2.33. The molecule has 0 bridgehead atoms. The smallest absolute Gasteiger partial charge is 0.428 e. The molecular weight excluding hydrogens is 340 g/mol. The van der Waals surface area contributed by atoms with E-state index in [0.29, 0.717) is 23.4 Å². The second-order valence-corrected chi connectivity index (χ2v) is 5.22. The molecule has 0 unspecified atom stereocenters. The highest BCUT2D eigenvalue weighted by Crippen LogP contribution is 2.28. The molecule has 0 aliphatic rings. The lowest BCUT2D eigenvalue weighted by atomic mass is 10.1. The lowest BCUT2D eigenvalue weighted by molar-refractivity contribution is -0.253. The second-order valence-electron chi connectivity index (χ2n) is 5.22. The SMILES string of the molecule is CCn1cc(C(=O)/C=C/c2cccc(OC(F)(F)C(F)F)c2)c(C)n1. The number of carbonyl (C=O) groups excluding carboxylic acids is 1. The van der Waals surface area contributed by atoms with Crippen LogP contribution in [0.3, 0.4) is 0 Å². The van der Waals surface area contributed by atoms with Crippen LogP contribution in [-0.2, 0) is 6.54 Å². The number of alkyl halides is 4. The van der Waals surface area contributed by atoms with Crippen molar-refractivity contribution < 1.29 is 27.1 Å². The van der Waals surface area contributed by atoms with E-state index in [4.69, 9.17) is 0 Å². The largest absolute Gasteiger partial charge is 0.461 e. The van der Waals surface area contributed by atoms with E-state index in [1.165, 1.54) is 24.3 Å². The van der Waals surface area contributed by atoms with Gasteiger partial charge in [-0.1, -0.05) is 18.2 Å². The number of ketones is 1. The average Bonchev–Trinajstić information content (AvgIpc) is 2.93. The van der Waals surface area contributed by atoms with Crippen molar-refractivity contribution in [1.82, 2.24) is 9.78 Å². The van der Waals surface area contributed by atoms with E-state index in [2.05, 4.69) is 9.84 Å². The highest BCUT2D eigenvalue weighted by molar-refractivity contribution is 6.07. The summed E-state index contributed by atoms with van der Waals surface area (Å²) in [7, 11) is 0. The summed E-state index contributed by atoms with van der Waals surface area (Å²) in [5.41, 5.74) is 1.36. The fourth-order valence-electron chi connectivity index (χ4n) is 2.07. The van der Waals surface area contributed by atoms with Crippen molar-refractivity contribution in [1.29, 1.82) is 0 Å². The number of rotatable bonds is 7. The van der Waals surface area contributed by atoms with Crippen molar-refractivity contribution in [3.8, 4) is 5.75 Å². The summed E-state index contributed by atoms with van der Waals surface area (Å²) in [4.78, 5) is 12.2. The molecule has 134 valence electrons. The van der Waals surface area contributed by atoms with Crippen LogP contribution in [-0.4, -0.2) is 28.1 Å². The predicted octanol–water partition coefficient (Wildman–Crippen LogP) is 4.34. The first-order chi connectivity index (χ1) is 11.7. The molecule has 0 saturated carbocycles. The van der Waals surface area contributed by atoms with Gasteiger partial charge in [-0.25, -0.2) is 0 Å². The number of nitrogens with zero attached hydrogens (tertiary/aromatic N) is 2. The Morgan fingerprint density at radius 3 is 2.72 bits per heavy atom. The van der Waals surface area contributed by atoms with Crippen LogP contribution in [0.1, 0.15) is 28.5 Å². The minimum absolute atomic E-state index is 0.304. The van der Waals surface area contributed by atoms with Crippen LogP contribution in [0.2, 0.25) is 0 Å². The van der Waals surface area contributed by atoms with Crippen LogP contribution >= 0.6 is 0 Å². The summed E-state index contributed by atoms with van der Waals surface area (Å²) < 4.78 is 55.8. The Kier molecular flexibility index (Phi) is 5.61. The Balaban J connectivity index is 2.14. The number of hydrogen-bond acceptors (Lipinski definition) is 3. The Morgan fingerprint density at radius 2 is 2.12 bits per heavy atom. The fraction of sp³-hybridized carbons (Fsp3) is 0.294. The number of allylic oxidation sites excluding steroid dienone is 1. The van der Waals surface area contributed by atoms with Crippen LogP contribution in [0.5, 0.6) is 5.75 Å². The molecule has 2 aromatic rings. The van der Waals surface area contributed by atoms with Gasteiger partial charge in [-0.2, -0.15) is 22.7 Å². The van der Waals surface area contributed by atoms with Gasteiger partial charge in [0.1, 0.15) is 5.75 Å². The highest BCUT2D eigenvalue weighted by atomic mass is 19.3. The first-order valence-corrected chi connectivity index (χ1v) is 7.44. The summed E-state index contributed by atoms with van der Waals surface area (Å²) in [5, 5.41) is 4.16. The number of ether oxygens (including phenoxy) is 1. The van der Waals surface area contributed by atoms with Crippen LogP contribution < -0.4 is 4.74 Å². The highest BCUT2D eigenvalue weighted by Gasteiger charge is 2.43. The molecule has 1 aromatic heterocycles. The molecule has 0 aliphatic heterocycles. The zero-order valence-corrected chi connectivity index (χ0v) is 13.5. The molecule has 8 heteroatoms. The predicted molar refractivity (Wildman–Crippen MR) is 84.0 cm³/mol. The van der Waals surface area contributed by atoms with E-state index in [-0.39, 0.29) is 5.78 Å². The van der Waals surface area contributed by atoms with Crippen molar-refractivity contribution >= 4 is 11.9 Å². The standard InChI is InChI=1S/C17H16F4N2O2/c1-3-23-10-14(11(2)22-23)15(24)8-7-12-5-4-6-13(9-12)25-17(20,21)16(18)19/h4-10,16H,3H2,1-2H3/b8-7+. The number of benzene rings is 1. The lowest BCUT2D eigenvalue weighted by Gasteiger charge is -2.16. The first kappa shape index (κ1) is 18.7. The van der Waals surface area contributed by atoms with Gasteiger partial charge in [-0.15, -0.1) is 0 Å². The van der Waals surface area contributed by atoms with Crippen molar-refractivity contribution in [2.24, 2.45) is 0 Å². The van der Waals surface area contributed by atoms with Crippen molar-refractivity contribution in [3.05, 3.63) is 53.4 Å². The first-order valence-electron chi connectivity index (χ1n) is 7.44. The molecule has 0 amide bonds. The molecule has 1 heterocycles. The zero-order valence-electron chi connectivity index (χ0n) is 13.5. The molecule has 0 N–H and O–H groups in total. The van der Waals surface area contributed by atoms with Gasteiger partial charge in [0.2, 0.25) is 0 Å². The van der Waals surface area contributed by atoms with Gasteiger partial charge < -0.3 is 4.74 Å². The van der Waals surface area contributed by atoms with Gasteiger partial charge in [-0.3, -0.25) is 9.48 Å². The van der Waals surface area contributed by atoms with Crippen molar-refractivity contribution in [2.45, 2.75) is 32.9 Å². The topological polar surface area (TPSA) is 44.1 Å². The maximum Gasteiger partial charge on any atom is 0.461 e. The summed E-state index contributed by atoms with van der Waals surface area (Å²) in [6.45, 7) is 4.21. The van der Waals surface area contributed by atoms with E-state index >= 15 is 0 Å². The van der Waals surface area contributed by atoms with E-state index in [9.17, 15) is 22.4 Å². The number of aromatic nitrogens is 2.